The molecule has 17 heavy (non-hydrogen) atoms. The smallest absolute Gasteiger partial charge is 0.277 e. The van der Waals surface area contributed by atoms with E-state index in [0.717, 1.165) is 19.0 Å². The summed E-state index contributed by atoms with van der Waals surface area (Å²) >= 11 is 0. The number of hydrogen-bond acceptors (Lipinski definition) is 4. The lowest BCUT2D eigenvalue weighted by Gasteiger charge is -2.25. The van der Waals surface area contributed by atoms with Crippen LogP contribution in [0.25, 0.3) is 11.2 Å². The second-order valence-corrected chi connectivity index (χ2v) is 4.46. The number of aromatic amines is 2. The third kappa shape index (κ3) is 1.79. The zero-order valence-electron chi connectivity index (χ0n) is 9.79. The summed E-state index contributed by atoms with van der Waals surface area (Å²) in [6, 6.07) is 0. The molecule has 1 saturated heterocycles. The highest BCUT2D eigenvalue weighted by atomic mass is 16.1. The number of aryl methyl sites for hydroxylation is 1. The summed E-state index contributed by atoms with van der Waals surface area (Å²) in [4.78, 5) is 28.3. The van der Waals surface area contributed by atoms with Crippen LogP contribution in [0.1, 0.15) is 25.1 Å². The van der Waals surface area contributed by atoms with Crippen LogP contribution in [0.3, 0.4) is 0 Å². The van der Waals surface area contributed by atoms with E-state index in [1.165, 1.54) is 19.3 Å². The van der Waals surface area contributed by atoms with Crippen LogP contribution in [0.15, 0.2) is 4.79 Å². The van der Waals surface area contributed by atoms with E-state index in [1.54, 1.807) is 6.92 Å². The molecule has 2 aromatic rings. The molecule has 0 atom stereocenters. The molecule has 3 heterocycles. The molecule has 0 bridgehead atoms. The van der Waals surface area contributed by atoms with Crippen LogP contribution in [-0.2, 0) is 0 Å². The zero-order valence-corrected chi connectivity index (χ0v) is 9.79. The molecule has 1 aliphatic heterocycles. The lowest BCUT2D eigenvalue weighted by molar-refractivity contribution is 0.570. The van der Waals surface area contributed by atoms with E-state index in [0.29, 0.717) is 17.0 Å². The maximum atomic E-state index is 11.7. The first-order chi connectivity index (χ1) is 8.24. The van der Waals surface area contributed by atoms with Gasteiger partial charge in [-0.15, -0.1) is 0 Å². The van der Waals surface area contributed by atoms with Crippen molar-refractivity contribution in [2.75, 3.05) is 18.0 Å². The molecule has 0 aromatic carbocycles. The molecule has 0 saturated carbocycles. The molecule has 0 unspecified atom stereocenters. The van der Waals surface area contributed by atoms with Crippen molar-refractivity contribution < 1.29 is 0 Å². The molecule has 0 aliphatic carbocycles. The molecular weight excluding hydrogens is 218 g/mol. The molecule has 0 spiro atoms. The minimum absolute atomic E-state index is 0.150. The van der Waals surface area contributed by atoms with Crippen molar-refractivity contribution in [3.8, 4) is 0 Å². The van der Waals surface area contributed by atoms with Crippen LogP contribution in [-0.4, -0.2) is 33.0 Å². The van der Waals surface area contributed by atoms with Crippen LogP contribution in [0.2, 0.25) is 0 Å². The quantitative estimate of drug-likeness (QED) is 0.768. The lowest BCUT2D eigenvalue weighted by atomic mass is 10.1. The highest BCUT2D eigenvalue weighted by molar-refractivity contribution is 5.72. The Kier molecular flexibility index (Phi) is 2.35. The molecule has 6 nitrogen and oxygen atoms in total. The summed E-state index contributed by atoms with van der Waals surface area (Å²) < 4.78 is 0. The normalized spacial score (nSPS) is 16.6. The predicted molar refractivity (Wildman–Crippen MR) is 65.3 cm³/mol. The molecule has 0 radical (unpaired) electrons. The monoisotopic (exact) mass is 233 g/mol. The summed E-state index contributed by atoms with van der Waals surface area (Å²) in [5.74, 6) is 1.36. The van der Waals surface area contributed by atoms with Crippen LogP contribution >= 0.6 is 0 Å². The molecule has 90 valence electrons. The minimum Gasteiger partial charge on any atom is -0.342 e. The Morgan fingerprint density at radius 2 is 1.88 bits per heavy atom. The number of fused-ring (bicyclic) bond motifs is 1. The number of imidazole rings is 1. The highest BCUT2D eigenvalue weighted by Crippen LogP contribution is 2.17. The van der Waals surface area contributed by atoms with Crippen molar-refractivity contribution in [1.82, 2.24) is 19.9 Å². The van der Waals surface area contributed by atoms with Gasteiger partial charge in [-0.25, -0.2) is 4.98 Å². The number of nitrogens with one attached hydrogen (secondary N) is 2. The summed E-state index contributed by atoms with van der Waals surface area (Å²) in [6.07, 6.45) is 3.63. The molecule has 0 amide bonds. The van der Waals surface area contributed by atoms with Crippen molar-refractivity contribution in [1.29, 1.82) is 0 Å². The summed E-state index contributed by atoms with van der Waals surface area (Å²) in [5, 5.41) is 0. The van der Waals surface area contributed by atoms with Gasteiger partial charge in [0.05, 0.1) is 0 Å². The fourth-order valence-electron chi connectivity index (χ4n) is 2.26. The number of anilines is 1. The minimum atomic E-state index is -0.150. The Morgan fingerprint density at radius 3 is 2.65 bits per heavy atom. The second kappa shape index (κ2) is 3.87. The largest absolute Gasteiger partial charge is 0.342 e. The van der Waals surface area contributed by atoms with Crippen molar-refractivity contribution in [3.63, 3.8) is 0 Å². The third-order valence-corrected chi connectivity index (χ3v) is 3.12. The zero-order chi connectivity index (χ0) is 11.8. The number of hydrogen-bond donors (Lipinski definition) is 2. The van der Waals surface area contributed by atoms with E-state index in [2.05, 4.69) is 24.8 Å². The van der Waals surface area contributed by atoms with Crippen molar-refractivity contribution in [2.45, 2.75) is 26.2 Å². The summed E-state index contributed by atoms with van der Waals surface area (Å²) in [6.45, 7) is 3.75. The van der Waals surface area contributed by atoms with Crippen LogP contribution in [0.5, 0.6) is 0 Å². The molecule has 3 rings (SSSR count). The fraction of sp³-hybridized carbons (Fsp3) is 0.545. The molecule has 1 fully saturated rings. The summed E-state index contributed by atoms with van der Waals surface area (Å²) in [7, 11) is 0. The van der Waals surface area contributed by atoms with Gasteiger partial charge in [-0.05, 0) is 26.2 Å². The van der Waals surface area contributed by atoms with Crippen molar-refractivity contribution >= 4 is 17.1 Å². The number of H-pyrrole nitrogens is 2. The van der Waals surface area contributed by atoms with E-state index < -0.39 is 0 Å². The number of aromatic nitrogens is 4. The highest BCUT2D eigenvalue weighted by Gasteiger charge is 2.16. The van der Waals surface area contributed by atoms with Crippen molar-refractivity contribution in [2.24, 2.45) is 0 Å². The van der Waals surface area contributed by atoms with Gasteiger partial charge in [0.25, 0.3) is 5.56 Å². The van der Waals surface area contributed by atoms with Gasteiger partial charge >= 0.3 is 0 Å². The third-order valence-electron chi connectivity index (χ3n) is 3.12. The first-order valence-electron chi connectivity index (χ1n) is 5.95. The molecule has 1 aliphatic rings. The second-order valence-electron chi connectivity index (χ2n) is 4.46. The Bertz CT molecular complexity index is 593. The summed E-state index contributed by atoms with van der Waals surface area (Å²) in [5.41, 5.74) is 0.825. The lowest BCUT2D eigenvalue weighted by Crippen LogP contribution is -2.30. The standard InChI is InChI=1S/C11H15N5O/c1-7-12-9-8(10(17)13-7)14-11(15-9)16-5-3-2-4-6-16/h2-6H2,1H3,(H2,12,13,14,15,17). The van der Waals surface area contributed by atoms with E-state index in [4.69, 9.17) is 0 Å². The van der Waals surface area contributed by atoms with Crippen molar-refractivity contribution in [3.05, 3.63) is 16.2 Å². The van der Waals surface area contributed by atoms with E-state index in [-0.39, 0.29) is 5.56 Å². The molecular formula is C11H15N5O. The van der Waals surface area contributed by atoms with Gasteiger partial charge in [0, 0.05) is 13.1 Å². The Balaban J connectivity index is 2.06. The van der Waals surface area contributed by atoms with E-state index in [9.17, 15) is 4.79 Å². The molecule has 6 heteroatoms. The molecule has 2 N–H and O–H groups in total. The fourth-order valence-corrected chi connectivity index (χ4v) is 2.26. The van der Waals surface area contributed by atoms with Gasteiger partial charge in [0.1, 0.15) is 5.82 Å². The van der Waals surface area contributed by atoms with E-state index in [1.807, 2.05) is 0 Å². The Morgan fingerprint density at radius 1 is 1.12 bits per heavy atom. The van der Waals surface area contributed by atoms with Crippen LogP contribution in [0, 0.1) is 6.92 Å². The Hall–Kier alpha value is -1.85. The number of nitrogens with zero attached hydrogens (tertiary/aromatic N) is 3. The maximum absolute atomic E-state index is 11.7. The van der Waals surface area contributed by atoms with Crippen LogP contribution in [0.4, 0.5) is 5.95 Å². The topological polar surface area (TPSA) is 77.7 Å². The first kappa shape index (κ1) is 10.3. The van der Waals surface area contributed by atoms with Gasteiger partial charge in [0.15, 0.2) is 11.2 Å². The molecule has 2 aromatic heterocycles. The maximum Gasteiger partial charge on any atom is 0.277 e. The first-order valence-corrected chi connectivity index (χ1v) is 5.95. The number of piperidine rings is 1. The number of rotatable bonds is 1. The average molecular weight is 233 g/mol. The SMILES string of the molecule is Cc1nc2nc(N3CCCCC3)[nH]c2c(=O)[nH]1. The average Bonchev–Trinajstić information content (AvgIpc) is 2.74. The van der Waals surface area contributed by atoms with Crippen LogP contribution < -0.4 is 10.5 Å². The van der Waals surface area contributed by atoms with Gasteiger partial charge in [-0.2, -0.15) is 4.98 Å². The van der Waals surface area contributed by atoms with Gasteiger partial charge in [-0.3, -0.25) is 4.79 Å². The predicted octanol–water partition coefficient (Wildman–Crippen LogP) is 0.945. The van der Waals surface area contributed by atoms with Gasteiger partial charge < -0.3 is 14.9 Å². The van der Waals surface area contributed by atoms with Gasteiger partial charge in [0.2, 0.25) is 5.95 Å². The van der Waals surface area contributed by atoms with Gasteiger partial charge in [-0.1, -0.05) is 0 Å². The Labute approximate surface area is 98.1 Å². The van der Waals surface area contributed by atoms with E-state index >= 15 is 0 Å².